The number of hydrogen-bond donors (Lipinski definition) is 2. The molecule has 4 rings (SSSR count). The summed E-state index contributed by atoms with van der Waals surface area (Å²) in [7, 11) is 0. The van der Waals surface area contributed by atoms with Crippen molar-refractivity contribution in [2.45, 2.75) is 38.8 Å². The number of carbonyl (C=O) groups excluding carboxylic acids is 1. The molecule has 29 heavy (non-hydrogen) atoms. The fraction of sp³-hybridized carbons (Fsp3) is 0.421. The predicted octanol–water partition coefficient (Wildman–Crippen LogP) is 2.19. The highest BCUT2D eigenvalue weighted by Gasteiger charge is 2.25. The van der Waals surface area contributed by atoms with Crippen LogP contribution in [0, 0.1) is 12.7 Å². The summed E-state index contributed by atoms with van der Waals surface area (Å²) in [6.07, 6.45) is 1.90. The molecule has 3 heterocycles. The van der Waals surface area contributed by atoms with Crippen molar-refractivity contribution in [3.8, 4) is 11.4 Å². The first-order valence-electron chi connectivity index (χ1n) is 9.56. The van der Waals surface area contributed by atoms with Gasteiger partial charge in [-0.25, -0.2) is 9.07 Å². The van der Waals surface area contributed by atoms with Crippen LogP contribution in [0.4, 0.5) is 4.39 Å². The zero-order chi connectivity index (χ0) is 20.4. The Bertz CT molecular complexity index is 1010. The lowest BCUT2D eigenvalue weighted by Gasteiger charge is -2.23. The molecule has 1 aromatic carbocycles. The van der Waals surface area contributed by atoms with Crippen molar-refractivity contribution in [3.63, 3.8) is 0 Å². The summed E-state index contributed by atoms with van der Waals surface area (Å²) in [4.78, 5) is 17.0. The maximum absolute atomic E-state index is 13.4. The first kappa shape index (κ1) is 19.2. The fourth-order valence-electron chi connectivity index (χ4n) is 3.43. The Morgan fingerprint density at radius 2 is 2.17 bits per heavy atom. The van der Waals surface area contributed by atoms with Crippen LogP contribution >= 0.6 is 0 Å². The van der Waals surface area contributed by atoms with Crippen molar-refractivity contribution < 1.29 is 13.7 Å². The topological polar surface area (TPSA) is 111 Å². The quantitative estimate of drug-likeness (QED) is 0.676. The summed E-state index contributed by atoms with van der Waals surface area (Å²) >= 11 is 0. The smallest absolute Gasteiger partial charge is 0.274 e. The van der Waals surface area contributed by atoms with Gasteiger partial charge in [0.25, 0.3) is 5.91 Å². The summed E-state index contributed by atoms with van der Waals surface area (Å²) in [6.45, 7) is 5.42. The number of benzene rings is 1. The van der Waals surface area contributed by atoms with Crippen LogP contribution in [-0.4, -0.2) is 44.1 Å². The third-order valence-electron chi connectivity index (χ3n) is 5.04. The summed E-state index contributed by atoms with van der Waals surface area (Å²) in [5.41, 5.74) is 1.51. The number of nitrogens with one attached hydrogen (secondary N) is 2. The Kier molecular flexibility index (Phi) is 5.34. The van der Waals surface area contributed by atoms with Gasteiger partial charge in [-0.2, -0.15) is 4.98 Å². The van der Waals surface area contributed by atoms with E-state index in [-0.39, 0.29) is 35.2 Å². The van der Waals surface area contributed by atoms with Gasteiger partial charge in [0.1, 0.15) is 11.9 Å². The number of hydrogen-bond acceptors (Lipinski definition) is 7. The lowest BCUT2D eigenvalue weighted by molar-refractivity contribution is 0.0926. The van der Waals surface area contributed by atoms with Crippen molar-refractivity contribution in [2.75, 3.05) is 13.1 Å². The Morgan fingerprint density at radius 3 is 2.93 bits per heavy atom. The van der Waals surface area contributed by atoms with Crippen LogP contribution < -0.4 is 10.6 Å². The van der Waals surface area contributed by atoms with Crippen molar-refractivity contribution >= 4 is 5.91 Å². The number of halogens is 1. The van der Waals surface area contributed by atoms with Gasteiger partial charge in [-0.15, -0.1) is 5.10 Å². The molecule has 1 amide bonds. The average molecular weight is 399 g/mol. The molecule has 1 unspecified atom stereocenters. The average Bonchev–Trinajstić information content (AvgIpc) is 3.36. The standard InChI is InChI=1S/C19H22FN7O2/c1-11(19-23-17(25-29-19)13-4-3-5-14(20)10-13)22-18(28)16-12(2)27(26-24-16)15-6-8-21-9-7-15/h3-5,10-11,15,21H,6-9H2,1-2H3,(H,22,28). The van der Waals surface area contributed by atoms with Crippen LogP contribution in [0.2, 0.25) is 0 Å². The maximum atomic E-state index is 13.4. The maximum Gasteiger partial charge on any atom is 0.274 e. The molecule has 0 bridgehead atoms. The highest BCUT2D eigenvalue weighted by Crippen LogP contribution is 2.22. The largest absolute Gasteiger partial charge is 0.339 e. The summed E-state index contributed by atoms with van der Waals surface area (Å²) in [5, 5.41) is 18.2. The van der Waals surface area contributed by atoms with Crippen molar-refractivity contribution in [1.82, 2.24) is 35.8 Å². The van der Waals surface area contributed by atoms with E-state index in [1.54, 1.807) is 19.1 Å². The van der Waals surface area contributed by atoms with E-state index in [0.717, 1.165) is 31.6 Å². The first-order chi connectivity index (χ1) is 14.0. The number of nitrogens with zero attached hydrogens (tertiary/aromatic N) is 5. The van der Waals surface area contributed by atoms with E-state index in [2.05, 4.69) is 31.1 Å². The Morgan fingerprint density at radius 1 is 1.38 bits per heavy atom. The van der Waals surface area contributed by atoms with Crippen LogP contribution in [0.25, 0.3) is 11.4 Å². The zero-order valence-corrected chi connectivity index (χ0v) is 16.2. The van der Waals surface area contributed by atoms with Gasteiger partial charge < -0.3 is 15.2 Å². The van der Waals surface area contributed by atoms with Crippen molar-refractivity contribution in [2.24, 2.45) is 0 Å². The molecule has 3 aromatic rings. The minimum atomic E-state index is -0.541. The molecule has 152 valence electrons. The summed E-state index contributed by atoms with van der Waals surface area (Å²) < 4.78 is 20.5. The van der Waals surface area contributed by atoms with Crippen molar-refractivity contribution in [3.05, 3.63) is 47.4 Å². The predicted molar refractivity (Wildman–Crippen MR) is 101 cm³/mol. The van der Waals surface area contributed by atoms with Gasteiger partial charge in [0.2, 0.25) is 11.7 Å². The van der Waals surface area contributed by atoms with E-state index >= 15 is 0 Å². The first-order valence-corrected chi connectivity index (χ1v) is 9.56. The minimum Gasteiger partial charge on any atom is -0.339 e. The molecule has 1 aliphatic rings. The second-order valence-electron chi connectivity index (χ2n) is 7.11. The minimum absolute atomic E-state index is 0.223. The molecule has 1 fully saturated rings. The van der Waals surface area contributed by atoms with E-state index < -0.39 is 6.04 Å². The molecule has 0 saturated carbocycles. The van der Waals surface area contributed by atoms with Gasteiger partial charge >= 0.3 is 0 Å². The molecule has 2 N–H and O–H groups in total. The SMILES string of the molecule is Cc1c(C(=O)NC(C)c2nc(-c3cccc(F)c3)no2)nnn1C1CCNCC1. The molecule has 0 aliphatic carbocycles. The van der Waals surface area contributed by atoms with Gasteiger partial charge in [-0.3, -0.25) is 4.79 Å². The van der Waals surface area contributed by atoms with Crippen LogP contribution in [0.5, 0.6) is 0 Å². The zero-order valence-electron chi connectivity index (χ0n) is 16.2. The van der Waals surface area contributed by atoms with E-state index in [4.69, 9.17) is 4.52 Å². The lowest BCUT2D eigenvalue weighted by atomic mass is 10.1. The number of aromatic nitrogens is 5. The van der Waals surface area contributed by atoms with E-state index in [0.29, 0.717) is 5.56 Å². The molecule has 1 atom stereocenters. The Labute approximate surface area is 166 Å². The number of amides is 1. The molecular formula is C19H22FN7O2. The molecule has 0 radical (unpaired) electrons. The molecule has 9 nitrogen and oxygen atoms in total. The van der Waals surface area contributed by atoms with E-state index in [9.17, 15) is 9.18 Å². The van der Waals surface area contributed by atoms with Crippen LogP contribution in [0.3, 0.4) is 0 Å². The Hall–Kier alpha value is -3.14. The van der Waals surface area contributed by atoms with E-state index in [1.807, 2.05) is 11.6 Å². The van der Waals surface area contributed by atoms with E-state index in [1.165, 1.54) is 12.1 Å². The number of piperidine rings is 1. The molecule has 10 heteroatoms. The highest BCUT2D eigenvalue weighted by molar-refractivity contribution is 5.93. The Balaban J connectivity index is 1.45. The van der Waals surface area contributed by atoms with Crippen LogP contribution in [0.1, 0.15) is 53.9 Å². The third kappa shape index (κ3) is 4.02. The van der Waals surface area contributed by atoms with Gasteiger partial charge in [0.05, 0.1) is 11.7 Å². The van der Waals surface area contributed by atoms with Gasteiger partial charge in [-0.1, -0.05) is 22.5 Å². The van der Waals surface area contributed by atoms with Gasteiger partial charge in [0, 0.05) is 5.56 Å². The monoisotopic (exact) mass is 399 g/mol. The van der Waals surface area contributed by atoms with Crippen molar-refractivity contribution in [1.29, 1.82) is 0 Å². The van der Waals surface area contributed by atoms with Crippen LogP contribution in [-0.2, 0) is 0 Å². The molecule has 2 aromatic heterocycles. The normalized spacial score (nSPS) is 16.0. The van der Waals surface area contributed by atoms with Gasteiger partial charge in [-0.05, 0) is 51.9 Å². The second-order valence-corrected chi connectivity index (χ2v) is 7.11. The van der Waals surface area contributed by atoms with Gasteiger partial charge in [0.15, 0.2) is 5.69 Å². The lowest BCUT2D eigenvalue weighted by Crippen LogP contribution is -2.31. The number of rotatable bonds is 5. The molecule has 1 saturated heterocycles. The third-order valence-corrected chi connectivity index (χ3v) is 5.04. The highest BCUT2D eigenvalue weighted by atomic mass is 19.1. The fourth-order valence-corrected chi connectivity index (χ4v) is 3.43. The molecule has 0 spiro atoms. The number of carbonyl (C=O) groups is 1. The molecule has 1 aliphatic heterocycles. The van der Waals surface area contributed by atoms with Crippen LogP contribution in [0.15, 0.2) is 28.8 Å². The second kappa shape index (κ2) is 8.08. The molecular weight excluding hydrogens is 377 g/mol. The summed E-state index contributed by atoms with van der Waals surface area (Å²) in [5.74, 6) is -0.266. The summed E-state index contributed by atoms with van der Waals surface area (Å²) in [6, 6.07) is 5.62.